The Hall–Kier alpha value is -1.56. The highest BCUT2D eigenvalue weighted by molar-refractivity contribution is 7.71. The maximum Gasteiger partial charge on any atom is 0.200 e. The zero-order chi connectivity index (χ0) is 9.14. The minimum absolute atomic E-state index is 0.221. The molecule has 0 amide bonds. The minimum atomic E-state index is 0.221. The molecule has 5 nitrogen and oxygen atoms in total. The number of hydrogen-bond acceptors (Lipinski definition) is 5. The molecule has 6 N–H and O–H groups in total. The third-order valence-corrected chi connectivity index (χ3v) is 1.53. The second kappa shape index (κ2) is 3.22. The van der Waals surface area contributed by atoms with Gasteiger partial charge in [-0.2, -0.15) is 0 Å². The monoisotopic (exact) mass is 183 g/mol. The normalized spacial score (nSPS) is 9.33. The fraction of sp³-hybridized carbons (Fsp3) is 0. The number of rotatable bonds is 2. The summed E-state index contributed by atoms with van der Waals surface area (Å²) >= 11 is 4.83. The second-order valence-corrected chi connectivity index (χ2v) is 2.45. The number of nitrogens with zero attached hydrogens (tertiary/aromatic N) is 1. The zero-order valence-electron chi connectivity index (χ0n) is 6.29. The maximum atomic E-state index is 5.57. The third kappa shape index (κ3) is 1.54. The number of hydrogen-bond donors (Lipinski definition) is 4. The van der Waals surface area contributed by atoms with E-state index in [1.165, 1.54) is 6.20 Å². The molecule has 1 aromatic rings. The molecule has 0 spiro atoms. The Balaban J connectivity index is 3.27. The van der Waals surface area contributed by atoms with Crippen molar-refractivity contribution >= 4 is 29.7 Å². The Morgan fingerprint density at radius 2 is 2.25 bits per heavy atom. The summed E-state index contributed by atoms with van der Waals surface area (Å²) in [5.41, 5.74) is 11.3. The lowest BCUT2D eigenvalue weighted by Crippen LogP contribution is -2.04. The SMILES string of the molecule is C=CNc1[nH]c(N)nc(=S)c1N. The molecule has 1 aromatic heterocycles. The summed E-state index contributed by atoms with van der Waals surface area (Å²) in [5, 5.41) is 2.75. The van der Waals surface area contributed by atoms with Gasteiger partial charge in [-0.15, -0.1) is 0 Å². The molecule has 0 aliphatic heterocycles. The van der Waals surface area contributed by atoms with Crippen LogP contribution in [0.15, 0.2) is 12.8 Å². The summed E-state index contributed by atoms with van der Waals surface area (Å²) in [5.74, 6) is 0.737. The zero-order valence-corrected chi connectivity index (χ0v) is 7.11. The predicted octanol–water partition coefficient (Wildman–Crippen LogP) is 0.859. The van der Waals surface area contributed by atoms with Crippen LogP contribution in [-0.4, -0.2) is 9.97 Å². The fourth-order valence-electron chi connectivity index (χ4n) is 0.716. The Kier molecular flexibility index (Phi) is 2.29. The Morgan fingerprint density at radius 1 is 1.58 bits per heavy atom. The number of nitrogen functional groups attached to an aromatic ring is 2. The highest BCUT2D eigenvalue weighted by Gasteiger charge is 2.00. The highest BCUT2D eigenvalue weighted by Crippen LogP contribution is 2.16. The molecule has 64 valence electrons. The van der Waals surface area contributed by atoms with Gasteiger partial charge in [0, 0.05) is 0 Å². The summed E-state index contributed by atoms with van der Waals surface area (Å²) in [6.07, 6.45) is 1.47. The van der Waals surface area contributed by atoms with Crippen molar-refractivity contribution in [1.29, 1.82) is 0 Å². The molecule has 0 atom stereocenters. The first-order valence-electron chi connectivity index (χ1n) is 3.18. The molecule has 1 heterocycles. The van der Waals surface area contributed by atoms with E-state index in [1.807, 2.05) is 0 Å². The summed E-state index contributed by atoms with van der Waals surface area (Å²) < 4.78 is 0.274. The van der Waals surface area contributed by atoms with Gasteiger partial charge in [-0.25, -0.2) is 4.98 Å². The summed E-state index contributed by atoms with van der Waals surface area (Å²) in [6, 6.07) is 0. The van der Waals surface area contributed by atoms with E-state index < -0.39 is 0 Å². The number of nitrogens with one attached hydrogen (secondary N) is 2. The first-order valence-corrected chi connectivity index (χ1v) is 3.58. The average Bonchev–Trinajstić information content (AvgIpc) is 2.00. The van der Waals surface area contributed by atoms with E-state index in [2.05, 4.69) is 21.9 Å². The van der Waals surface area contributed by atoms with E-state index in [0.717, 1.165) is 0 Å². The van der Waals surface area contributed by atoms with E-state index in [0.29, 0.717) is 11.5 Å². The van der Waals surface area contributed by atoms with Crippen LogP contribution in [0.3, 0.4) is 0 Å². The number of nitrogens with two attached hydrogens (primary N) is 2. The lowest BCUT2D eigenvalue weighted by atomic mass is 10.5. The Labute approximate surface area is 74.5 Å². The smallest absolute Gasteiger partial charge is 0.200 e. The summed E-state index contributed by atoms with van der Waals surface area (Å²) in [7, 11) is 0. The third-order valence-electron chi connectivity index (χ3n) is 1.22. The fourth-order valence-corrected chi connectivity index (χ4v) is 0.916. The molecule has 1 rings (SSSR count). The molecule has 12 heavy (non-hydrogen) atoms. The van der Waals surface area contributed by atoms with Gasteiger partial charge >= 0.3 is 0 Å². The van der Waals surface area contributed by atoms with Crippen molar-refractivity contribution in [2.24, 2.45) is 0 Å². The number of anilines is 3. The van der Waals surface area contributed by atoms with E-state index in [4.69, 9.17) is 23.7 Å². The van der Waals surface area contributed by atoms with Crippen LogP contribution in [0.2, 0.25) is 0 Å². The van der Waals surface area contributed by atoms with Crippen molar-refractivity contribution in [3.05, 3.63) is 17.4 Å². The highest BCUT2D eigenvalue weighted by atomic mass is 32.1. The van der Waals surface area contributed by atoms with Crippen LogP contribution in [0.4, 0.5) is 17.5 Å². The maximum absolute atomic E-state index is 5.57. The van der Waals surface area contributed by atoms with E-state index >= 15 is 0 Å². The topological polar surface area (TPSA) is 92.8 Å². The first-order chi connectivity index (χ1) is 5.65. The van der Waals surface area contributed by atoms with Crippen molar-refractivity contribution in [1.82, 2.24) is 9.97 Å². The minimum Gasteiger partial charge on any atom is -0.393 e. The van der Waals surface area contributed by atoms with E-state index in [9.17, 15) is 0 Å². The van der Waals surface area contributed by atoms with Crippen molar-refractivity contribution in [3.8, 4) is 0 Å². The molecule has 0 saturated heterocycles. The Bertz CT molecular complexity index is 355. The molecular weight excluding hydrogens is 174 g/mol. The number of H-pyrrole nitrogens is 1. The van der Waals surface area contributed by atoms with Gasteiger partial charge in [-0.3, -0.25) is 0 Å². The van der Waals surface area contributed by atoms with E-state index in [1.54, 1.807) is 0 Å². The number of aromatic nitrogens is 2. The Morgan fingerprint density at radius 3 is 2.83 bits per heavy atom. The molecule has 0 aromatic carbocycles. The van der Waals surface area contributed by atoms with E-state index in [-0.39, 0.29) is 10.6 Å². The van der Waals surface area contributed by atoms with Crippen LogP contribution >= 0.6 is 12.2 Å². The lowest BCUT2D eigenvalue weighted by molar-refractivity contribution is 1.17. The first kappa shape index (κ1) is 8.54. The molecular formula is C6H9N5S. The standard InChI is InChI=1S/C6H9N5S/c1-2-9-4-3(7)5(12)11-6(8)10-4/h2H,1,7H2,(H4,8,9,10,11,12). The van der Waals surface area contributed by atoms with Gasteiger partial charge in [0.1, 0.15) is 11.5 Å². The van der Waals surface area contributed by atoms with Gasteiger partial charge in [0.25, 0.3) is 0 Å². The van der Waals surface area contributed by atoms with Gasteiger partial charge < -0.3 is 21.8 Å². The van der Waals surface area contributed by atoms with Gasteiger partial charge in [0.05, 0.1) is 0 Å². The summed E-state index contributed by atoms with van der Waals surface area (Å²) in [6.45, 7) is 3.47. The average molecular weight is 183 g/mol. The molecule has 0 radical (unpaired) electrons. The molecule has 0 bridgehead atoms. The van der Waals surface area contributed by atoms with Crippen molar-refractivity contribution in [2.45, 2.75) is 0 Å². The van der Waals surface area contributed by atoms with Crippen LogP contribution in [0.25, 0.3) is 0 Å². The molecule has 0 aliphatic carbocycles. The van der Waals surface area contributed by atoms with Crippen LogP contribution in [0.1, 0.15) is 0 Å². The van der Waals surface area contributed by atoms with Crippen molar-refractivity contribution < 1.29 is 0 Å². The van der Waals surface area contributed by atoms with Gasteiger partial charge in [0.2, 0.25) is 0 Å². The largest absolute Gasteiger partial charge is 0.393 e. The van der Waals surface area contributed by atoms with Crippen LogP contribution in [0.5, 0.6) is 0 Å². The van der Waals surface area contributed by atoms with Crippen LogP contribution < -0.4 is 16.8 Å². The molecule has 0 aliphatic rings. The quantitative estimate of drug-likeness (QED) is 0.510. The van der Waals surface area contributed by atoms with Crippen LogP contribution in [0, 0.1) is 4.64 Å². The molecule has 6 heteroatoms. The second-order valence-electron chi connectivity index (χ2n) is 2.06. The van der Waals surface area contributed by atoms with Crippen LogP contribution in [-0.2, 0) is 0 Å². The van der Waals surface area contributed by atoms with Gasteiger partial charge in [-0.1, -0.05) is 18.8 Å². The predicted molar refractivity (Wildman–Crippen MR) is 52.1 cm³/mol. The summed E-state index contributed by atoms with van der Waals surface area (Å²) in [4.78, 5) is 6.46. The van der Waals surface area contributed by atoms with Gasteiger partial charge in [-0.05, 0) is 6.20 Å². The van der Waals surface area contributed by atoms with Crippen molar-refractivity contribution in [2.75, 3.05) is 16.8 Å². The number of aromatic amines is 1. The van der Waals surface area contributed by atoms with Gasteiger partial charge in [0.15, 0.2) is 10.6 Å². The lowest BCUT2D eigenvalue weighted by Gasteiger charge is -2.05. The molecule has 0 unspecified atom stereocenters. The van der Waals surface area contributed by atoms with Crippen molar-refractivity contribution in [3.63, 3.8) is 0 Å². The molecule has 0 saturated carbocycles. The molecule has 0 fully saturated rings.